The number of nitrogens with zero attached hydrogens (tertiary/aromatic N) is 3. The van der Waals surface area contributed by atoms with Gasteiger partial charge in [0.1, 0.15) is 6.54 Å². The molecule has 9 heteroatoms. The maximum absolute atomic E-state index is 12.8. The van der Waals surface area contributed by atoms with Crippen molar-refractivity contribution in [2.24, 2.45) is 39.7 Å². The second kappa shape index (κ2) is 12.1. The molecule has 3 saturated carbocycles. The summed E-state index contributed by atoms with van der Waals surface area (Å²) in [5.41, 5.74) is 2.68. The number of allylic oxidation sites excluding steroid dienone is 1. The van der Waals surface area contributed by atoms with Gasteiger partial charge in [-0.2, -0.15) is 0 Å². The molecule has 4 aliphatic carbocycles. The Morgan fingerprint density at radius 3 is 2.55 bits per heavy atom. The highest BCUT2D eigenvalue weighted by molar-refractivity contribution is 5.86. The number of fused-ring (bicyclic) bond motifs is 5. The van der Waals surface area contributed by atoms with E-state index in [1.54, 1.807) is 0 Å². The Kier molecular flexibility index (Phi) is 9.37. The highest BCUT2D eigenvalue weighted by Gasteiger charge is 2.59. The molecule has 0 unspecified atom stereocenters. The highest BCUT2D eigenvalue weighted by Crippen LogP contribution is 2.66. The van der Waals surface area contributed by atoms with Crippen molar-refractivity contribution in [3.8, 4) is 0 Å². The lowest BCUT2D eigenvalue weighted by Crippen LogP contribution is -2.51. The summed E-state index contributed by atoms with van der Waals surface area (Å²) < 4.78 is 0.825. The molecule has 0 aromatic rings. The van der Waals surface area contributed by atoms with Crippen LogP contribution in [0.1, 0.15) is 72.1 Å². The number of hydrogen-bond acceptors (Lipinski definition) is 6. The molecule has 0 aromatic carbocycles. The smallest absolute Gasteiger partial charge is 0.436 e. The first-order valence-corrected chi connectivity index (χ1v) is 15.4. The van der Waals surface area contributed by atoms with Crippen molar-refractivity contribution in [1.82, 2.24) is 10.2 Å². The number of carbonyl (C=O) groups is 2. The van der Waals surface area contributed by atoms with Gasteiger partial charge in [-0.15, -0.1) is 0 Å². The van der Waals surface area contributed by atoms with Gasteiger partial charge in [-0.1, -0.05) is 30.7 Å². The molecular weight excluding hydrogens is 508 g/mol. The van der Waals surface area contributed by atoms with Crippen molar-refractivity contribution < 1.29 is 29.1 Å². The minimum atomic E-state index is -1.07. The summed E-state index contributed by atoms with van der Waals surface area (Å²) >= 11 is 0. The molecule has 0 aliphatic heterocycles. The quantitative estimate of drug-likeness (QED) is 0.0924. The summed E-state index contributed by atoms with van der Waals surface area (Å²) in [6.45, 7) is 8.86. The molecule has 0 aromatic heterocycles. The molecule has 0 saturated heterocycles. The number of hydrogen-bond donors (Lipinski definition) is 3. The SMILES string of the molecule is C/C(=N\OC(=O)N(CCNCC[N+](C)(C)C)CC(=O)O)[C@H]1CC[C@H]2[C@@H]3CCC4=C[C@H](O)CC[C@]4(C)[C@H]3CC[C@]12C. The minimum Gasteiger partial charge on any atom is -0.480 e. The Balaban J connectivity index is 1.37. The van der Waals surface area contributed by atoms with E-state index in [-0.39, 0.29) is 29.4 Å². The van der Waals surface area contributed by atoms with Gasteiger partial charge in [0.15, 0.2) is 0 Å². The summed E-state index contributed by atoms with van der Waals surface area (Å²) in [5, 5.41) is 27.2. The first-order chi connectivity index (χ1) is 18.7. The number of rotatable bonds is 10. The van der Waals surface area contributed by atoms with E-state index in [2.05, 4.69) is 51.5 Å². The third-order valence-corrected chi connectivity index (χ3v) is 11.0. The maximum Gasteiger partial charge on any atom is 0.436 e. The lowest BCUT2D eigenvalue weighted by molar-refractivity contribution is -0.869. The lowest BCUT2D eigenvalue weighted by Gasteiger charge is -2.58. The summed E-state index contributed by atoms with van der Waals surface area (Å²) in [7, 11) is 6.33. The average molecular weight is 562 g/mol. The van der Waals surface area contributed by atoms with Crippen LogP contribution in [-0.2, 0) is 9.63 Å². The fourth-order valence-electron chi connectivity index (χ4n) is 8.78. The Bertz CT molecular complexity index is 1010. The first kappa shape index (κ1) is 31.0. The van der Waals surface area contributed by atoms with Crippen LogP contribution in [0.5, 0.6) is 0 Å². The van der Waals surface area contributed by atoms with Gasteiger partial charge in [-0.3, -0.25) is 14.5 Å². The molecule has 0 radical (unpaired) electrons. The zero-order chi connectivity index (χ0) is 29.3. The van der Waals surface area contributed by atoms with E-state index in [0.717, 1.165) is 55.4 Å². The zero-order valence-corrected chi connectivity index (χ0v) is 25.6. The number of carboxylic acid groups (broad SMARTS) is 1. The molecule has 226 valence electrons. The normalized spacial score (nSPS) is 35.7. The van der Waals surface area contributed by atoms with E-state index < -0.39 is 18.6 Å². The van der Waals surface area contributed by atoms with E-state index in [1.165, 1.54) is 29.7 Å². The fourth-order valence-corrected chi connectivity index (χ4v) is 8.78. The van der Waals surface area contributed by atoms with E-state index in [0.29, 0.717) is 24.3 Å². The largest absolute Gasteiger partial charge is 0.480 e. The van der Waals surface area contributed by atoms with Gasteiger partial charge < -0.3 is 20.0 Å². The van der Waals surface area contributed by atoms with Crippen molar-refractivity contribution in [2.75, 3.05) is 53.9 Å². The Morgan fingerprint density at radius 1 is 1.10 bits per heavy atom. The number of amides is 1. The van der Waals surface area contributed by atoms with Crippen molar-refractivity contribution in [1.29, 1.82) is 0 Å². The van der Waals surface area contributed by atoms with Crippen molar-refractivity contribution in [2.45, 2.75) is 78.2 Å². The van der Waals surface area contributed by atoms with Gasteiger partial charge in [0.2, 0.25) is 0 Å². The van der Waals surface area contributed by atoms with E-state index >= 15 is 0 Å². The maximum atomic E-state index is 12.8. The Morgan fingerprint density at radius 2 is 1.85 bits per heavy atom. The number of likely N-dealkylation sites (N-methyl/N-ethyl adjacent to an activating group) is 1. The van der Waals surface area contributed by atoms with Crippen LogP contribution in [-0.4, -0.2) is 97.3 Å². The molecule has 1 amide bonds. The fraction of sp³-hybridized carbons (Fsp3) is 0.839. The summed E-state index contributed by atoms with van der Waals surface area (Å²) in [6, 6.07) is 0. The monoisotopic (exact) mass is 561 g/mol. The van der Waals surface area contributed by atoms with Crippen LogP contribution in [0.15, 0.2) is 16.8 Å². The molecule has 9 nitrogen and oxygen atoms in total. The van der Waals surface area contributed by atoms with Gasteiger partial charge in [0, 0.05) is 25.6 Å². The molecular formula is C31H53N4O5+. The molecule has 4 rings (SSSR count). The molecule has 0 heterocycles. The van der Waals surface area contributed by atoms with Gasteiger partial charge in [0.05, 0.1) is 39.5 Å². The van der Waals surface area contributed by atoms with Gasteiger partial charge >= 0.3 is 12.1 Å². The van der Waals surface area contributed by atoms with E-state index in [9.17, 15) is 19.8 Å². The van der Waals surface area contributed by atoms with Crippen LogP contribution >= 0.6 is 0 Å². The van der Waals surface area contributed by atoms with E-state index in [1.807, 2.05) is 6.92 Å². The topological polar surface area (TPSA) is 111 Å². The van der Waals surface area contributed by atoms with Crippen LogP contribution < -0.4 is 5.32 Å². The Labute approximate surface area is 240 Å². The molecule has 0 spiro atoms. The molecule has 4 aliphatic rings. The number of aliphatic hydroxyl groups excluding tert-OH is 1. The first-order valence-electron chi connectivity index (χ1n) is 15.4. The summed E-state index contributed by atoms with van der Waals surface area (Å²) in [6.07, 6.45) is 9.97. The number of carbonyl (C=O) groups excluding carboxylic acids is 1. The Hall–Kier alpha value is -1.97. The predicted molar refractivity (Wildman–Crippen MR) is 156 cm³/mol. The van der Waals surface area contributed by atoms with Crippen LogP contribution in [0.2, 0.25) is 0 Å². The van der Waals surface area contributed by atoms with Crippen LogP contribution in [0, 0.1) is 34.5 Å². The molecule has 0 bridgehead atoms. The third kappa shape index (κ3) is 6.57. The van der Waals surface area contributed by atoms with Gasteiger partial charge in [-0.25, -0.2) is 4.79 Å². The number of quaternary nitrogens is 1. The summed E-state index contributed by atoms with van der Waals surface area (Å²) in [5.74, 6) is 1.18. The number of aliphatic carboxylic acids is 1. The molecule has 3 N–H and O–H groups in total. The van der Waals surface area contributed by atoms with Crippen molar-refractivity contribution in [3.05, 3.63) is 11.6 Å². The summed E-state index contributed by atoms with van der Waals surface area (Å²) in [4.78, 5) is 30.8. The number of carboxylic acids is 1. The standard InChI is InChI=1S/C31H52N4O5/c1-21(33-40-29(39)34(20-28(37)38)17-15-32-16-18-35(4,5)6)25-9-10-26-24-8-7-22-19-23(36)11-13-30(22,2)27(24)12-14-31(25,26)3/h19,23-27,32,36H,7-18,20H2,1-6H3/p+1/b33-21+/t23-,24+,25-,26+,27+,30+,31-/m1/s1. The number of oxime groups is 1. The highest BCUT2D eigenvalue weighted by atomic mass is 16.7. The minimum absolute atomic E-state index is 0.128. The number of aliphatic hydroxyl groups is 1. The molecule has 3 fully saturated rings. The number of nitrogens with one attached hydrogen (secondary N) is 1. The van der Waals surface area contributed by atoms with Crippen LogP contribution in [0.3, 0.4) is 0 Å². The van der Waals surface area contributed by atoms with E-state index in [4.69, 9.17) is 4.84 Å². The van der Waals surface area contributed by atoms with Crippen molar-refractivity contribution >= 4 is 17.8 Å². The van der Waals surface area contributed by atoms with Crippen LogP contribution in [0.4, 0.5) is 4.79 Å². The van der Waals surface area contributed by atoms with Gasteiger partial charge in [0.25, 0.3) is 0 Å². The van der Waals surface area contributed by atoms with Gasteiger partial charge in [-0.05, 0) is 86.9 Å². The molecule has 7 atom stereocenters. The molecule has 40 heavy (non-hydrogen) atoms. The second-order valence-electron chi connectivity index (χ2n) is 14.5. The lowest BCUT2D eigenvalue weighted by atomic mass is 9.46. The van der Waals surface area contributed by atoms with Crippen LogP contribution in [0.25, 0.3) is 0 Å². The average Bonchev–Trinajstić information content (AvgIpc) is 3.23. The second-order valence-corrected chi connectivity index (χ2v) is 14.5. The van der Waals surface area contributed by atoms with Crippen molar-refractivity contribution in [3.63, 3.8) is 0 Å². The predicted octanol–water partition coefficient (Wildman–Crippen LogP) is 4.12. The third-order valence-electron chi connectivity index (χ3n) is 11.0. The zero-order valence-electron chi connectivity index (χ0n) is 25.6.